The van der Waals surface area contributed by atoms with Crippen LogP contribution in [0.1, 0.15) is 27.8 Å². The highest BCUT2D eigenvalue weighted by Gasteiger charge is 2.20. The molecule has 2 aromatic rings. The largest absolute Gasteiger partial charge is 0.481 e. The van der Waals surface area contributed by atoms with Crippen molar-refractivity contribution in [3.05, 3.63) is 57.8 Å². The van der Waals surface area contributed by atoms with Gasteiger partial charge in [0.25, 0.3) is 0 Å². The Labute approximate surface area is 132 Å². The monoisotopic (exact) mass is 319 g/mol. The Balaban J connectivity index is 1.94. The molecule has 2 rings (SSSR count). The van der Waals surface area contributed by atoms with Crippen LogP contribution in [0.3, 0.4) is 0 Å². The molecule has 0 aliphatic rings. The quantitative estimate of drug-likeness (QED) is 0.854. The number of aryl methyl sites for hydroxylation is 1. The summed E-state index contributed by atoms with van der Waals surface area (Å²) < 4.78 is 5.13. The van der Waals surface area contributed by atoms with Crippen LogP contribution in [0.2, 0.25) is 0 Å². The number of thiophene rings is 1. The van der Waals surface area contributed by atoms with Crippen molar-refractivity contribution < 1.29 is 19.4 Å². The Hall–Kier alpha value is -2.34. The van der Waals surface area contributed by atoms with Gasteiger partial charge >= 0.3 is 12.1 Å². The predicted molar refractivity (Wildman–Crippen MR) is 83.8 cm³/mol. The fourth-order valence-corrected chi connectivity index (χ4v) is 2.87. The summed E-state index contributed by atoms with van der Waals surface area (Å²) in [6.45, 7) is 2.08. The molecule has 1 heterocycles. The number of carbonyl (C=O) groups excluding carboxylic acids is 1. The Bertz CT molecular complexity index is 639. The number of nitrogens with one attached hydrogen (secondary N) is 1. The van der Waals surface area contributed by atoms with Gasteiger partial charge in [-0.05, 0) is 24.6 Å². The molecule has 116 valence electrons. The van der Waals surface area contributed by atoms with E-state index in [0.717, 1.165) is 15.3 Å². The first-order valence-corrected chi connectivity index (χ1v) is 7.61. The maximum atomic E-state index is 11.9. The molecule has 0 aliphatic heterocycles. The summed E-state index contributed by atoms with van der Waals surface area (Å²) in [6.07, 6.45) is -0.804. The summed E-state index contributed by atoms with van der Waals surface area (Å²) in [5.41, 5.74) is 0.874. The summed E-state index contributed by atoms with van der Waals surface area (Å²) >= 11 is 1.46. The van der Waals surface area contributed by atoms with E-state index >= 15 is 0 Å². The topological polar surface area (TPSA) is 75.6 Å². The minimum Gasteiger partial charge on any atom is -0.481 e. The summed E-state index contributed by atoms with van der Waals surface area (Å²) in [5, 5.41) is 11.6. The van der Waals surface area contributed by atoms with Crippen LogP contribution in [0, 0.1) is 6.92 Å². The van der Waals surface area contributed by atoms with Gasteiger partial charge in [-0.15, -0.1) is 11.3 Å². The maximum absolute atomic E-state index is 11.9. The molecule has 0 saturated heterocycles. The van der Waals surface area contributed by atoms with Crippen LogP contribution in [0.5, 0.6) is 0 Å². The van der Waals surface area contributed by atoms with Gasteiger partial charge in [-0.3, -0.25) is 4.79 Å². The molecule has 0 fully saturated rings. The Morgan fingerprint density at radius 1 is 1.23 bits per heavy atom. The average molecular weight is 319 g/mol. The molecule has 22 heavy (non-hydrogen) atoms. The molecule has 0 saturated carbocycles. The van der Waals surface area contributed by atoms with E-state index in [1.165, 1.54) is 11.3 Å². The van der Waals surface area contributed by atoms with E-state index in [-0.39, 0.29) is 13.0 Å². The van der Waals surface area contributed by atoms with Gasteiger partial charge < -0.3 is 15.2 Å². The third kappa shape index (κ3) is 4.89. The van der Waals surface area contributed by atoms with Gasteiger partial charge in [-0.25, -0.2) is 4.79 Å². The van der Waals surface area contributed by atoms with Crippen LogP contribution in [0.25, 0.3) is 0 Å². The molecule has 2 N–H and O–H groups in total. The standard InChI is InChI=1S/C16H17NO4S/c1-11-7-8-14(22-11)13(9-15(18)19)17-16(20)21-10-12-5-3-2-4-6-12/h2-8,13H,9-10H2,1H3,(H,17,20)(H,18,19)/t13-/m0/s1. The first kappa shape index (κ1) is 16.0. The van der Waals surface area contributed by atoms with Crippen LogP contribution in [0.4, 0.5) is 4.79 Å². The molecular weight excluding hydrogens is 302 g/mol. The minimum atomic E-state index is -0.973. The molecule has 6 heteroatoms. The van der Waals surface area contributed by atoms with E-state index in [0.29, 0.717) is 0 Å². The number of ether oxygens (including phenoxy) is 1. The van der Waals surface area contributed by atoms with Crippen LogP contribution in [-0.2, 0) is 16.1 Å². The predicted octanol–water partition coefficient (Wildman–Crippen LogP) is 3.50. The van der Waals surface area contributed by atoms with Crippen molar-refractivity contribution in [2.75, 3.05) is 0 Å². The lowest BCUT2D eigenvalue weighted by Gasteiger charge is -2.15. The summed E-state index contributed by atoms with van der Waals surface area (Å²) in [4.78, 5) is 24.7. The van der Waals surface area contributed by atoms with Crippen molar-refractivity contribution in [2.24, 2.45) is 0 Å². The zero-order chi connectivity index (χ0) is 15.9. The molecular formula is C16H17NO4S. The molecule has 1 atom stereocenters. The van der Waals surface area contributed by atoms with E-state index in [9.17, 15) is 9.59 Å². The van der Waals surface area contributed by atoms with Crippen LogP contribution >= 0.6 is 11.3 Å². The van der Waals surface area contributed by atoms with Crippen molar-refractivity contribution in [3.8, 4) is 0 Å². The van der Waals surface area contributed by atoms with Crippen LogP contribution < -0.4 is 5.32 Å². The second-order valence-electron chi connectivity index (χ2n) is 4.80. The molecule has 0 radical (unpaired) electrons. The number of amides is 1. The Morgan fingerprint density at radius 2 is 1.95 bits per heavy atom. The van der Waals surface area contributed by atoms with Gasteiger partial charge in [0.2, 0.25) is 0 Å². The lowest BCUT2D eigenvalue weighted by molar-refractivity contribution is -0.137. The third-order valence-corrected chi connectivity index (χ3v) is 4.10. The molecule has 0 spiro atoms. The smallest absolute Gasteiger partial charge is 0.407 e. The van der Waals surface area contributed by atoms with Gasteiger partial charge in [-0.2, -0.15) is 0 Å². The highest BCUT2D eigenvalue weighted by molar-refractivity contribution is 7.12. The summed E-state index contributed by atoms with van der Waals surface area (Å²) in [6, 6.07) is 12.4. The van der Waals surface area contributed by atoms with Crippen molar-refractivity contribution in [2.45, 2.75) is 26.0 Å². The number of alkyl carbamates (subject to hydrolysis) is 1. The normalized spacial score (nSPS) is 11.7. The molecule has 0 unspecified atom stereocenters. The van der Waals surface area contributed by atoms with E-state index in [1.54, 1.807) is 0 Å². The van der Waals surface area contributed by atoms with Gasteiger partial charge in [0.1, 0.15) is 6.61 Å². The Kier molecular flexibility index (Phi) is 5.55. The van der Waals surface area contributed by atoms with Gasteiger partial charge in [0, 0.05) is 9.75 Å². The van der Waals surface area contributed by atoms with Crippen molar-refractivity contribution in [3.63, 3.8) is 0 Å². The van der Waals surface area contributed by atoms with Crippen molar-refractivity contribution in [1.82, 2.24) is 5.32 Å². The fourth-order valence-electron chi connectivity index (χ4n) is 1.95. The summed E-state index contributed by atoms with van der Waals surface area (Å²) in [5.74, 6) is -0.973. The molecule has 1 aromatic carbocycles. The number of hydrogen-bond donors (Lipinski definition) is 2. The van der Waals surface area contributed by atoms with Crippen molar-refractivity contribution in [1.29, 1.82) is 0 Å². The highest BCUT2D eigenvalue weighted by Crippen LogP contribution is 2.25. The van der Waals surface area contributed by atoms with Crippen LogP contribution in [-0.4, -0.2) is 17.2 Å². The van der Waals surface area contributed by atoms with Gasteiger partial charge in [-0.1, -0.05) is 30.3 Å². The van der Waals surface area contributed by atoms with E-state index in [4.69, 9.17) is 9.84 Å². The van der Waals surface area contributed by atoms with E-state index < -0.39 is 18.1 Å². The lowest BCUT2D eigenvalue weighted by atomic mass is 10.2. The zero-order valence-corrected chi connectivity index (χ0v) is 12.9. The number of hydrogen-bond acceptors (Lipinski definition) is 4. The maximum Gasteiger partial charge on any atom is 0.407 e. The van der Waals surface area contributed by atoms with E-state index in [1.807, 2.05) is 49.4 Å². The molecule has 1 aromatic heterocycles. The number of aliphatic carboxylic acids is 1. The van der Waals surface area contributed by atoms with Gasteiger partial charge in [0.15, 0.2) is 0 Å². The number of benzene rings is 1. The average Bonchev–Trinajstić information content (AvgIpc) is 2.92. The SMILES string of the molecule is Cc1ccc([C@H](CC(=O)O)NC(=O)OCc2ccccc2)s1. The first-order chi connectivity index (χ1) is 10.5. The number of carboxylic acid groups (broad SMARTS) is 1. The van der Waals surface area contributed by atoms with E-state index in [2.05, 4.69) is 5.32 Å². The second-order valence-corrected chi connectivity index (χ2v) is 6.12. The molecule has 5 nitrogen and oxygen atoms in total. The zero-order valence-electron chi connectivity index (χ0n) is 12.1. The van der Waals surface area contributed by atoms with Crippen LogP contribution in [0.15, 0.2) is 42.5 Å². The number of carboxylic acids is 1. The number of carbonyl (C=O) groups is 2. The van der Waals surface area contributed by atoms with Gasteiger partial charge in [0.05, 0.1) is 12.5 Å². The third-order valence-electron chi connectivity index (χ3n) is 2.99. The minimum absolute atomic E-state index is 0.149. The second kappa shape index (κ2) is 7.61. The fraction of sp³-hybridized carbons (Fsp3) is 0.250. The molecule has 0 aliphatic carbocycles. The van der Waals surface area contributed by atoms with Crippen molar-refractivity contribution >= 4 is 23.4 Å². The molecule has 0 bridgehead atoms. The highest BCUT2D eigenvalue weighted by atomic mass is 32.1. The molecule has 1 amide bonds. The first-order valence-electron chi connectivity index (χ1n) is 6.80. The lowest BCUT2D eigenvalue weighted by Crippen LogP contribution is -2.30. The Morgan fingerprint density at radius 3 is 2.55 bits per heavy atom. The summed E-state index contributed by atoms with van der Waals surface area (Å²) in [7, 11) is 0. The number of rotatable bonds is 6.